The minimum Gasteiger partial charge on any atom is -0.396 e. The van der Waals surface area contributed by atoms with Crippen LogP contribution in [0.2, 0.25) is 0 Å². The summed E-state index contributed by atoms with van der Waals surface area (Å²) in [7, 11) is 0. The van der Waals surface area contributed by atoms with Crippen LogP contribution in [0.3, 0.4) is 0 Å². The molecule has 3 N–H and O–H groups in total. The van der Waals surface area contributed by atoms with Gasteiger partial charge in [0, 0.05) is 24.9 Å². The van der Waals surface area contributed by atoms with Gasteiger partial charge >= 0.3 is 0 Å². The second-order valence-corrected chi connectivity index (χ2v) is 9.82. The van der Waals surface area contributed by atoms with E-state index in [0.29, 0.717) is 19.3 Å². The molecule has 5 nitrogen and oxygen atoms in total. The van der Waals surface area contributed by atoms with Crippen molar-refractivity contribution in [1.82, 2.24) is 4.90 Å². The van der Waals surface area contributed by atoms with Crippen LogP contribution >= 0.6 is 0 Å². The van der Waals surface area contributed by atoms with E-state index < -0.39 is 17.6 Å². The third-order valence-corrected chi connectivity index (χ3v) is 8.02. The number of nitrogens with zero attached hydrogens (tertiary/aromatic N) is 1. The zero-order chi connectivity index (χ0) is 20.9. The summed E-state index contributed by atoms with van der Waals surface area (Å²) >= 11 is 0. The predicted octanol–water partition coefficient (Wildman–Crippen LogP) is 3.35. The zero-order valence-corrected chi connectivity index (χ0v) is 18.5. The van der Waals surface area contributed by atoms with E-state index in [-0.39, 0.29) is 29.8 Å². The van der Waals surface area contributed by atoms with Crippen LogP contribution in [0.5, 0.6) is 0 Å². The molecule has 0 aromatic carbocycles. The Morgan fingerprint density at radius 2 is 1.64 bits per heavy atom. The van der Waals surface area contributed by atoms with E-state index in [9.17, 15) is 20.1 Å². The molecule has 2 saturated carbocycles. The number of fused-ring (bicyclic) bond motifs is 1. The molecule has 28 heavy (non-hydrogen) atoms. The Hall–Kier alpha value is -0.650. The van der Waals surface area contributed by atoms with E-state index in [1.54, 1.807) is 0 Å². The van der Waals surface area contributed by atoms with Gasteiger partial charge < -0.3 is 20.2 Å². The highest BCUT2D eigenvalue weighted by molar-refractivity contribution is 5.76. The summed E-state index contributed by atoms with van der Waals surface area (Å²) in [6.07, 6.45) is 6.38. The monoisotopic (exact) mass is 397 g/mol. The van der Waals surface area contributed by atoms with Crippen molar-refractivity contribution in [3.8, 4) is 0 Å². The average molecular weight is 398 g/mol. The van der Waals surface area contributed by atoms with Gasteiger partial charge in [0.1, 0.15) is 0 Å². The Kier molecular flexibility index (Phi) is 8.36. The number of carbonyl (C=O) groups excluding carboxylic acids is 1. The van der Waals surface area contributed by atoms with Gasteiger partial charge in [-0.25, -0.2) is 0 Å². The van der Waals surface area contributed by atoms with Crippen LogP contribution in [0.15, 0.2) is 0 Å². The average Bonchev–Trinajstić information content (AvgIpc) is 2.68. The van der Waals surface area contributed by atoms with E-state index >= 15 is 0 Å². The van der Waals surface area contributed by atoms with Crippen LogP contribution < -0.4 is 0 Å². The molecule has 2 rings (SSSR count). The largest absolute Gasteiger partial charge is 0.396 e. The molecule has 2 aliphatic rings. The highest BCUT2D eigenvalue weighted by Gasteiger charge is 2.59. The molecule has 0 unspecified atom stereocenters. The first-order valence-corrected chi connectivity index (χ1v) is 11.5. The van der Waals surface area contributed by atoms with Crippen molar-refractivity contribution in [3.63, 3.8) is 0 Å². The van der Waals surface area contributed by atoms with Gasteiger partial charge in [0.25, 0.3) is 0 Å². The lowest BCUT2D eigenvalue weighted by Gasteiger charge is -2.60. The molecule has 0 aromatic heterocycles. The van der Waals surface area contributed by atoms with Crippen molar-refractivity contribution in [2.24, 2.45) is 22.7 Å². The summed E-state index contributed by atoms with van der Waals surface area (Å²) in [6, 6.07) is 0. The van der Waals surface area contributed by atoms with Crippen LogP contribution in [0.25, 0.3) is 0 Å². The van der Waals surface area contributed by atoms with E-state index in [1.807, 2.05) is 11.8 Å². The van der Waals surface area contributed by atoms with E-state index in [4.69, 9.17) is 0 Å². The number of carbonyl (C=O) groups is 1. The normalized spacial score (nSPS) is 38.1. The van der Waals surface area contributed by atoms with E-state index in [0.717, 1.165) is 51.6 Å². The first kappa shape index (κ1) is 23.6. The smallest absolute Gasteiger partial charge is 0.222 e. The quantitative estimate of drug-likeness (QED) is 0.557. The van der Waals surface area contributed by atoms with E-state index in [1.165, 1.54) is 0 Å². The van der Waals surface area contributed by atoms with Crippen LogP contribution in [0.1, 0.15) is 85.5 Å². The van der Waals surface area contributed by atoms with Crippen molar-refractivity contribution in [2.75, 3.05) is 19.7 Å². The summed E-state index contributed by atoms with van der Waals surface area (Å²) in [5.74, 6) is 0.169. The van der Waals surface area contributed by atoms with E-state index in [2.05, 4.69) is 20.8 Å². The van der Waals surface area contributed by atoms with Gasteiger partial charge in [-0.3, -0.25) is 4.79 Å². The molecule has 0 heterocycles. The first-order chi connectivity index (χ1) is 13.2. The Morgan fingerprint density at radius 1 is 1.04 bits per heavy atom. The highest BCUT2D eigenvalue weighted by Crippen LogP contribution is 2.60. The Morgan fingerprint density at radius 3 is 2.18 bits per heavy atom. The van der Waals surface area contributed by atoms with Crippen LogP contribution in [-0.4, -0.2) is 58.0 Å². The van der Waals surface area contributed by atoms with Crippen molar-refractivity contribution >= 4 is 5.91 Å². The van der Waals surface area contributed by atoms with Gasteiger partial charge in [-0.15, -0.1) is 0 Å². The lowest BCUT2D eigenvalue weighted by molar-refractivity contribution is -0.187. The number of hydrogen-bond acceptors (Lipinski definition) is 4. The molecule has 0 radical (unpaired) electrons. The maximum Gasteiger partial charge on any atom is 0.222 e. The summed E-state index contributed by atoms with van der Waals surface area (Å²) in [5, 5.41) is 31.6. The Labute approximate surface area is 171 Å². The lowest BCUT2D eigenvalue weighted by atomic mass is 9.46. The molecule has 0 aliphatic heterocycles. The number of amides is 1. The van der Waals surface area contributed by atoms with Crippen molar-refractivity contribution in [1.29, 1.82) is 0 Å². The summed E-state index contributed by atoms with van der Waals surface area (Å²) in [4.78, 5) is 15.2. The maximum atomic E-state index is 13.2. The Bertz CT molecular complexity index is 505. The summed E-state index contributed by atoms with van der Waals surface area (Å²) < 4.78 is 0. The molecule has 0 aromatic rings. The molecule has 1 amide bonds. The van der Waals surface area contributed by atoms with Crippen molar-refractivity contribution in [3.05, 3.63) is 0 Å². The summed E-state index contributed by atoms with van der Waals surface area (Å²) in [6.45, 7) is 9.98. The molecule has 0 bridgehead atoms. The number of rotatable bonds is 9. The van der Waals surface area contributed by atoms with Gasteiger partial charge in [-0.1, -0.05) is 40.5 Å². The number of aliphatic hydroxyl groups is 3. The molecule has 2 aliphatic carbocycles. The molecule has 6 atom stereocenters. The first-order valence-electron chi connectivity index (χ1n) is 11.5. The van der Waals surface area contributed by atoms with Crippen LogP contribution in [0, 0.1) is 22.7 Å². The second kappa shape index (κ2) is 9.90. The molecule has 2 fully saturated rings. The van der Waals surface area contributed by atoms with Crippen molar-refractivity contribution < 1.29 is 20.1 Å². The highest BCUT2D eigenvalue weighted by atomic mass is 16.3. The zero-order valence-electron chi connectivity index (χ0n) is 18.5. The van der Waals surface area contributed by atoms with Gasteiger partial charge in [0.15, 0.2) is 0 Å². The number of hydrogen-bond donors (Lipinski definition) is 3. The molecular formula is C23H43NO4. The third-order valence-electron chi connectivity index (χ3n) is 8.02. The van der Waals surface area contributed by atoms with Gasteiger partial charge in [0.2, 0.25) is 5.91 Å². The molecule has 164 valence electrons. The minimum absolute atomic E-state index is 0.0513. The lowest BCUT2D eigenvalue weighted by Crippen LogP contribution is -2.60. The minimum atomic E-state index is -0.557. The second-order valence-electron chi connectivity index (χ2n) is 9.82. The number of aliphatic hydroxyl groups excluding tert-OH is 3. The fourth-order valence-corrected chi connectivity index (χ4v) is 5.98. The molecule has 0 spiro atoms. The SMILES string of the molecule is CCCCN(CCCC)C(=O)C[C@@H]1[C@H](O)CC[C@H]2[C@](C)(CO)[C@H](O)CC[C@]21C. The predicted molar refractivity (Wildman–Crippen MR) is 112 cm³/mol. The van der Waals surface area contributed by atoms with Gasteiger partial charge in [0.05, 0.1) is 18.8 Å². The molecule has 5 heteroatoms. The fourth-order valence-electron chi connectivity index (χ4n) is 5.98. The number of unbranched alkanes of at least 4 members (excludes halogenated alkanes) is 2. The molecule has 0 saturated heterocycles. The van der Waals surface area contributed by atoms with Gasteiger partial charge in [-0.05, 0) is 55.8 Å². The molecular weight excluding hydrogens is 354 g/mol. The van der Waals surface area contributed by atoms with Crippen LogP contribution in [-0.2, 0) is 4.79 Å². The fraction of sp³-hybridized carbons (Fsp3) is 0.957. The van der Waals surface area contributed by atoms with Crippen LogP contribution in [0.4, 0.5) is 0 Å². The standard InChI is InChI=1S/C23H43NO4/c1-5-7-13-24(14-8-6-2)21(28)15-17-18(26)9-10-19-22(17,3)12-11-20(27)23(19,4)16-25/h17-20,25-27H,5-16H2,1-4H3/t17-,18-,19-,20-,22+,23+/m1/s1. The summed E-state index contributed by atoms with van der Waals surface area (Å²) in [5.41, 5.74) is -0.788. The van der Waals surface area contributed by atoms with Crippen molar-refractivity contribution in [2.45, 2.75) is 97.7 Å². The third kappa shape index (κ3) is 4.57. The Balaban J connectivity index is 2.21. The topological polar surface area (TPSA) is 81.0 Å². The maximum absolute atomic E-state index is 13.2. The van der Waals surface area contributed by atoms with Gasteiger partial charge in [-0.2, -0.15) is 0 Å².